The number of carbonyl (C=O) groups excluding carboxylic acids is 2. The maximum absolute atomic E-state index is 12.0. The number of amides is 2. The summed E-state index contributed by atoms with van der Waals surface area (Å²) in [5, 5.41) is 13.4. The third-order valence-corrected chi connectivity index (χ3v) is 5.54. The molecule has 0 saturated heterocycles. The lowest BCUT2D eigenvalue weighted by Gasteiger charge is -2.38. The van der Waals surface area contributed by atoms with E-state index in [0.29, 0.717) is 35.4 Å². The van der Waals surface area contributed by atoms with Crippen LogP contribution in [0.2, 0.25) is 0 Å². The number of hydrogen-bond acceptors (Lipinski definition) is 9. The van der Waals surface area contributed by atoms with Crippen LogP contribution in [-0.4, -0.2) is 54.2 Å². The fourth-order valence-electron chi connectivity index (χ4n) is 3.86. The fourth-order valence-corrected chi connectivity index (χ4v) is 3.86. The lowest BCUT2D eigenvalue weighted by molar-refractivity contribution is -0.114. The monoisotopic (exact) mass is 439 g/mol. The minimum atomic E-state index is -0.639. The summed E-state index contributed by atoms with van der Waals surface area (Å²) in [7, 11) is 3.92. The summed E-state index contributed by atoms with van der Waals surface area (Å²) < 4.78 is 0. The molecule has 2 unspecified atom stereocenters. The highest BCUT2D eigenvalue weighted by Crippen LogP contribution is 2.27. The Hall–Kier alpha value is -3.73. The van der Waals surface area contributed by atoms with Gasteiger partial charge in [0, 0.05) is 31.0 Å². The second kappa shape index (κ2) is 10.5. The van der Waals surface area contributed by atoms with Crippen molar-refractivity contribution in [2.45, 2.75) is 37.8 Å². The second-order valence-corrected chi connectivity index (χ2v) is 7.62. The third-order valence-electron chi connectivity index (χ3n) is 5.54. The van der Waals surface area contributed by atoms with E-state index in [1.165, 1.54) is 12.6 Å². The van der Waals surface area contributed by atoms with Gasteiger partial charge in [-0.1, -0.05) is 18.9 Å². The molecule has 0 aliphatic heterocycles. The summed E-state index contributed by atoms with van der Waals surface area (Å²) in [6, 6.07) is 7.59. The topological polar surface area (TPSA) is 161 Å². The zero-order chi connectivity index (χ0) is 23.1. The molecule has 1 heterocycles. The number of benzene rings is 1. The first kappa shape index (κ1) is 22.9. The van der Waals surface area contributed by atoms with Crippen LogP contribution in [0.4, 0.5) is 23.1 Å². The van der Waals surface area contributed by atoms with Crippen molar-refractivity contribution in [1.29, 1.82) is 5.41 Å². The van der Waals surface area contributed by atoms with Gasteiger partial charge in [0.15, 0.2) is 0 Å². The summed E-state index contributed by atoms with van der Waals surface area (Å²) >= 11 is 0. The number of nitrogens with zero attached hydrogens (tertiary/aromatic N) is 3. The molecule has 1 aliphatic rings. The molecular weight excluding hydrogens is 410 g/mol. The number of rotatable bonds is 9. The van der Waals surface area contributed by atoms with Crippen LogP contribution in [0.5, 0.6) is 0 Å². The van der Waals surface area contributed by atoms with E-state index in [0.717, 1.165) is 19.3 Å². The summed E-state index contributed by atoms with van der Waals surface area (Å²) in [4.78, 5) is 34.3. The first-order valence-corrected chi connectivity index (χ1v) is 10.4. The van der Waals surface area contributed by atoms with Gasteiger partial charge < -0.3 is 26.7 Å². The van der Waals surface area contributed by atoms with Crippen molar-refractivity contribution in [2.24, 2.45) is 5.73 Å². The number of hydrogen-bond donors (Lipinski definition) is 6. The highest BCUT2D eigenvalue weighted by atomic mass is 16.2. The van der Waals surface area contributed by atoms with Gasteiger partial charge in [-0.3, -0.25) is 20.4 Å². The van der Waals surface area contributed by atoms with E-state index < -0.39 is 11.8 Å². The molecule has 11 nitrogen and oxygen atoms in total. The van der Waals surface area contributed by atoms with Crippen molar-refractivity contribution < 1.29 is 9.59 Å². The Kier molecular flexibility index (Phi) is 7.55. The number of nitrogens with two attached hydrogens (primary N) is 1. The molecule has 0 bridgehead atoms. The number of likely N-dealkylation sites (N-methyl/N-ethyl adjacent to an activating group) is 2. The van der Waals surface area contributed by atoms with E-state index in [2.05, 4.69) is 31.5 Å². The molecule has 2 atom stereocenters. The molecule has 1 aromatic carbocycles. The zero-order valence-corrected chi connectivity index (χ0v) is 18.2. The molecule has 1 aliphatic carbocycles. The highest BCUT2D eigenvalue weighted by Gasteiger charge is 2.29. The molecule has 1 fully saturated rings. The van der Waals surface area contributed by atoms with Crippen molar-refractivity contribution in [2.75, 3.05) is 29.7 Å². The molecule has 1 aromatic heterocycles. The van der Waals surface area contributed by atoms with E-state index in [4.69, 9.17) is 11.1 Å². The minimum absolute atomic E-state index is 0.173. The Morgan fingerprint density at radius 2 is 2.00 bits per heavy atom. The summed E-state index contributed by atoms with van der Waals surface area (Å²) in [6.07, 6.45) is 6.55. The second-order valence-electron chi connectivity index (χ2n) is 7.62. The lowest BCUT2D eigenvalue weighted by Crippen LogP contribution is -2.50. The molecular formula is C21H29N9O2. The molecule has 32 heavy (non-hydrogen) atoms. The predicted octanol–water partition coefficient (Wildman–Crippen LogP) is 1.38. The normalized spacial score (nSPS) is 17.8. The molecule has 0 radical (unpaired) electrons. The van der Waals surface area contributed by atoms with Gasteiger partial charge in [-0.15, -0.1) is 0 Å². The molecule has 2 aromatic rings. The van der Waals surface area contributed by atoms with Crippen LogP contribution >= 0.6 is 0 Å². The average Bonchev–Trinajstić information content (AvgIpc) is 2.82. The number of carbonyl (C=O) groups is 2. The Bertz CT molecular complexity index is 981. The van der Waals surface area contributed by atoms with Crippen molar-refractivity contribution in [3.05, 3.63) is 36.0 Å². The Morgan fingerprint density at radius 3 is 2.72 bits per heavy atom. The minimum Gasteiger partial charge on any atom is -0.365 e. The van der Waals surface area contributed by atoms with Crippen LogP contribution < -0.4 is 32.1 Å². The quantitative estimate of drug-likeness (QED) is 0.252. The maximum atomic E-state index is 12.0. The van der Waals surface area contributed by atoms with Crippen LogP contribution in [0.3, 0.4) is 0 Å². The van der Waals surface area contributed by atoms with E-state index in [1.807, 2.05) is 19.0 Å². The number of hydrazine groups is 1. The molecule has 1 saturated carbocycles. The summed E-state index contributed by atoms with van der Waals surface area (Å²) in [6.45, 7) is 0. The number of primary amides is 1. The first-order valence-electron chi connectivity index (χ1n) is 10.4. The van der Waals surface area contributed by atoms with Gasteiger partial charge in [0.25, 0.3) is 11.8 Å². The van der Waals surface area contributed by atoms with Crippen molar-refractivity contribution in [1.82, 2.24) is 20.7 Å². The summed E-state index contributed by atoms with van der Waals surface area (Å²) in [5.74, 6) is -0.422. The fraction of sp³-hybridized carbons (Fsp3) is 0.381. The zero-order valence-electron chi connectivity index (χ0n) is 18.2. The standard InChI is InChI=1S/C21H29N9O2/c1-24-16-8-3-4-9-17(16)30(2)21-25-12-15(19(23)32)20(27-21)26-13-6-5-7-14(10-13)28-29-18(31)11-22/h5-7,10-12,16-17,22,24,28H,3-4,8-9H2,1-2H3,(H2,23,32)(H,29,31)(H,25,26,27). The van der Waals surface area contributed by atoms with Gasteiger partial charge in [0.05, 0.1) is 11.9 Å². The molecule has 7 N–H and O–H groups in total. The van der Waals surface area contributed by atoms with Crippen LogP contribution in [0, 0.1) is 5.41 Å². The Morgan fingerprint density at radius 1 is 1.25 bits per heavy atom. The number of nitrogens with one attached hydrogen (secondary N) is 5. The van der Waals surface area contributed by atoms with E-state index in [9.17, 15) is 9.59 Å². The molecule has 3 rings (SSSR count). The maximum Gasteiger partial charge on any atom is 0.280 e. The molecule has 0 spiro atoms. The van der Waals surface area contributed by atoms with Gasteiger partial charge in [-0.25, -0.2) is 4.98 Å². The van der Waals surface area contributed by atoms with Crippen LogP contribution in [-0.2, 0) is 4.79 Å². The van der Waals surface area contributed by atoms with Crippen LogP contribution in [0.25, 0.3) is 0 Å². The smallest absolute Gasteiger partial charge is 0.280 e. The largest absolute Gasteiger partial charge is 0.365 e. The molecule has 11 heteroatoms. The van der Waals surface area contributed by atoms with Gasteiger partial charge >= 0.3 is 0 Å². The van der Waals surface area contributed by atoms with E-state index in [-0.39, 0.29) is 11.6 Å². The number of anilines is 4. The van der Waals surface area contributed by atoms with E-state index in [1.54, 1.807) is 24.3 Å². The first-order chi connectivity index (χ1) is 15.4. The summed E-state index contributed by atoms with van der Waals surface area (Å²) in [5.41, 5.74) is 12.0. The van der Waals surface area contributed by atoms with Gasteiger partial charge in [-0.2, -0.15) is 4.98 Å². The third kappa shape index (κ3) is 5.49. The van der Waals surface area contributed by atoms with Gasteiger partial charge in [0.2, 0.25) is 5.95 Å². The van der Waals surface area contributed by atoms with E-state index >= 15 is 0 Å². The van der Waals surface area contributed by atoms with Crippen LogP contribution in [0.1, 0.15) is 36.0 Å². The van der Waals surface area contributed by atoms with Gasteiger partial charge in [0.1, 0.15) is 11.4 Å². The van der Waals surface area contributed by atoms with Crippen molar-refractivity contribution in [3.63, 3.8) is 0 Å². The van der Waals surface area contributed by atoms with Gasteiger partial charge in [-0.05, 0) is 38.1 Å². The van der Waals surface area contributed by atoms with Crippen LogP contribution in [0.15, 0.2) is 30.5 Å². The average molecular weight is 440 g/mol. The van der Waals surface area contributed by atoms with Crippen molar-refractivity contribution >= 4 is 41.2 Å². The highest BCUT2D eigenvalue weighted by molar-refractivity contribution is 6.25. The SMILES string of the molecule is CNC1CCCCC1N(C)c1ncc(C(N)=O)c(Nc2cccc(NNC(=O)C=N)c2)n1. The predicted molar refractivity (Wildman–Crippen MR) is 124 cm³/mol. The Balaban J connectivity index is 1.85. The number of aromatic nitrogens is 2. The molecule has 2 amide bonds. The Labute approximate surface area is 186 Å². The van der Waals surface area contributed by atoms with Crippen molar-refractivity contribution in [3.8, 4) is 0 Å². The molecule has 170 valence electrons. The lowest BCUT2D eigenvalue weighted by atomic mass is 9.89.